The molecule has 0 saturated carbocycles. The normalized spacial score (nSPS) is 20.2. The number of imide groups is 1. The number of piperidine rings is 1. The fourth-order valence-electron chi connectivity index (χ4n) is 3.50. The van der Waals surface area contributed by atoms with Gasteiger partial charge in [0.2, 0.25) is 0 Å². The third kappa shape index (κ3) is 2.84. The first-order valence-corrected chi connectivity index (χ1v) is 8.45. The zero-order valence-electron chi connectivity index (χ0n) is 14.9. The molecule has 2 aliphatic heterocycles. The minimum absolute atomic E-state index is 0.197. The van der Waals surface area contributed by atoms with E-state index in [0.29, 0.717) is 17.3 Å². The van der Waals surface area contributed by atoms with E-state index in [4.69, 9.17) is 0 Å². The van der Waals surface area contributed by atoms with Crippen LogP contribution in [0, 0.1) is 6.92 Å². The molecule has 0 aromatic heterocycles. The van der Waals surface area contributed by atoms with Gasteiger partial charge >= 0.3 is 0 Å². The van der Waals surface area contributed by atoms with Gasteiger partial charge in [-0.3, -0.25) is 14.5 Å². The van der Waals surface area contributed by atoms with Gasteiger partial charge in [-0.15, -0.1) is 0 Å². The van der Waals surface area contributed by atoms with Crippen molar-refractivity contribution in [3.8, 4) is 0 Å². The minimum atomic E-state index is -0.210. The lowest BCUT2D eigenvalue weighted by Crippen LogP contribution is -2.43. The molecule has 0 unspecified atom stereocenters. The van der Waals surface area contributed by atoms with Gasteiger partial charge in [0.15, 0.2) is 0 Å². The molecule has 0 atom stereocenters. The van der Waals surface area contributed by atoms with Crippen LogP contribution in [0.3, 0.4) is 0 Å². The molecule has 1 fully saturated rings. The molecule has 2 aliphatic rings. The maximum Gasteiger partial charge on any atom is 0.277 e. The molecule has 2 amide bonds. The summed E-state index contributed by atoms with van der Waals surface area (Å²) in [7, 11) is 5.63. The third-order valence-corrected chi connectivity index (χ3v) is 5.19. The van der Waals surface area contributed by atoms with Crippen LogP contribution in [0.15, 0.2) is 30.0 Å². The minimum Gasteiger partial charge on any atom is -0.366 e. The lowest BCUT2D eigenvalue weighted by Gasteiger charge is -2.36. The second-order valence-corrected chi connectivity index (χ2v) is 6.90. The Balaban J connectivity index is 2.00. The van der Waals surface area contributed by atoms with Crippen molar-refractivity contribution in [3.05, 3.63) is 41.1 Å². The highest BCUT2D eigenvalue weighted by Gasteiger charge is 2.40. The van der Waals surface area contributed by atoms with Gasteiger partial charge in [0.1, 0.15) is 5.70 Å². The van der Waals surface area contributed by atoms with E-state index in [1.165, 1.54) is 4.90 Å². The Kier molecular flexibility index (Phi) is 4.45. The summed E-state index contributed by atoms with van der Waals surface area (Å²) in [5.41, 5.74) is 3.03. The number of aryl methyl sites for hydroxylation is 1. The molecule has 0 aliphatic carbocycles. The molecule has 0 bridgehead atoms. The molecule has 1 aromatic carbocycles. The first kappa shape index (κ1) is 16.7. The number of benzene rings is 1. The van der Waals surface area contributed by atoms with Crippen LogP contribution in [-0.2, 0) is 9.59 Å². The summed E-state index contributed by atoms with van der Waals surface area (Å²) in [6, 6.07) is 8.10. The molecule has 0 spiro atoms. The number of rotatable bonds is 3. The van der Waals surface area contributed by atoms with E-state index in [1.54, 1.807) is 7.05 Å². The molecular formula is C19H25N3O2. The van der Waals surface area contributed by atoms with Gasteiger partial charge in [0.05, 0.1) is 5.57 Å². The number of hydrogen-bond donors (Lipinski definition) is 0. The van der Waals surface area contributed by atoms with Crippen LogP contribution in [0.2, 0.25) is 0 Å². The number of amides is 2. The Morgan fingerprint density at radius 1 is 1.00 bits per heavy atom. The van der Waals surface area contributed by atoms with E-state index in [1.807, 2.05) is 43.1 Å². The predicted octanol–water partition coefficient (Wildman–Crippen LogP) is 1.73. The van der Waals surface area contributed by atoms with E-state index < -0.39 is 0 Å². The number of carbonyl (C=O) groups excluding carboxylic acids is 2. The van der Waals surface area contributed by atoms with Crippen molar-refractivity contribution < 1.29 is 9.59 Å². The van der Waals surface area contributed by atoms with E-state index in [9.17, 15) is 9.59 Å². The largest absolute Gasteiger partial charge is 0.366 e. The lowest BCUT2D eigenvalue weighted by molar-refractivity contribution is -0.136. The standard InChI is InChI=1S/C19H25N3O2/c1-13-5-7-14(8-6-13)16-17(19(24)22(4)18(16)23)21(3)15-9-11-20(2)12-10-15/h5-8,15H,9-12H2,1-4H3. The molecule has 5 heteroatoms. The van der Waals surface area contributed by atoms with Crippen molar-refractivity contribution in [2.24, 2.45) is 0 Å². The van der Waals surface area contributed by atoms with E-state index in [-0.39, 0.29) is 11.8 Å². The highest BCUT2D eigenvalue weighted by atomic mass is 16.2. The molecule has 1 aromatic rings. The number of likely N-dealkylation sites (N-methyl/N-ethyl adjacent to an activating group) is 2. The molecule has 2 heterocycles. The van der Waals surface area contributed by atoms with E-state index >= 15 is 0 Å². The molecule has 5 nitrogen and oxygen atoms in total. The average Bonchev–Trinajstić information content (AvgIpc) is 2.80. The zero-order valence-corrected chi connectivity index (χ0v) is 14.9. The van der Waals surface area contributed by atoms with Crippen LogP contribution in [0.4, 0.5) is 0 Å². The molecule has 3 rings (SSSR count). The summed E-state index contributed by atoms with van der Waals surface area (Å²) in [6.45, 7) is 4.04. The van der Waals surface area contributed by atoms with Gasteiger partial charge in [-0.1, -0.05) is 29.8 Å². The van der Waals surface area contributed by atoms with Gasteiger partial charge in [0.25, 0.3) is 11.8 Å². The van der Waals surface area contributed by atoms with Crippen molar-refractivity contribution in [2.45, 2.75) is 25.8 Å². The Morgan fingerprint density at radius 3 is 2.17 bits per heavy atom. The molecule has 1 saturated heterocycles. The smallest absolute Gasteiger partial charge is 0.277 e. The topological polar surface area (TPSA) is 43.9 Å². The summed E-state index contributed by atoms with van der Waals surface area (Å²) in [6.07, 6.45) is 2.01. The van der Waals surface area contributed by atoms with Gasteiger partial charge in [-0.25, -0.2) is 0 Å². The summed E-state index contributed by atoms with van der Waals surface area (Å²) in [5, 5.41) is 0. The first-order valence-electron chi connectivity index (χ1n) is 8.45. The number of nitrogens with zero attached hydrogens (tertiary/aromatic N) is 3. The summed E-state index contributed by atoms with van der Waals surface area (Å²) in [5.74, 6) is -0.407. The fraction of sp³-hybridized carbons (Fsp3) is 0.474. The Labute approximate surface area is 143 Å². The van der Waals surface area contributed by atoms with Crippen LogP contribution < -0.4 is 0 Å². The molecule has 24 heavy (non-hydrogen) atoms. The summed E-state index contributed by atoms with van der Waals surface area (Å²) >= 11 is 0. The Morgan fingerprint density at radius 2 is 1.58 bits per heavy atom. The second-order valence-electron chi connectivity index (χ2n) is 6.90. The number of hydrogen-bond acceptors (Lipinski definition) is 4. The van der Waals surface area contributed by atoms with Crippen molar-refractivity contribution in [1.82, 2.24) is 14.7 Å². The maximum absolute atomic E-state index is 12.7. The molecule has 0 radical (unpaired) electrons. The van der Waals surface area contributed by atoms with Crippen molar-refractivity contribution in [2.75, 3.05) is 34.2 Å². The first-order chi connectivity index (χ1) is 11.4. The fourth-order valence-corrected chi connectivity index (χ4v) is 3.50. The number of likely N-dealkylation sites (tertiary alicyclic amines) is 1. The second kappa shape index (κ2) is 6.40. The van der Waals surface area contributed by atoms with E-state index in [0.717, 1.165) is 37.1 Å². The monoisotopic (exact) mass is 327 g/mol. The molecule has 0 N–H and O–H groups in total. The molecular weight excluding hydrogens is 302 g/mol. The van der Waals surface area contributed by atoms with Crippen molar-refractivity contribution in [3.63, 3.8) is 0 Å². The summed E-state index contributed by atoms with van der Waals surface area (Å²) < 4.78 is 0. The highest BCUT2D eigenvalue weighted by molar-refractivity contribution is 6.35. The van der Waals surface area contributed by atoms with Crippen LogP contribution in [0.5, 0.6) is 0 Å². The zero-order chi connectivity index (χ0) is 17.4. The van der Waals surface area contributed by atoms with Crippen molar-refractivity contribution in [1.29, 1.82) is 0 Å². The Bertz CT molecular complexity index is 685. The third-order valence-electron chi connectivity index (χ3n) is 5.19. The average molecular weight is 327 g/mol. The van der Waals surface area contributed by atoms with Gasteiger partial charge in [-0.2, -0.15) is 0 Å². The SMILES string of the molecule is Cc1ccc(C2=C(N(C)C3CCN(C)CC3)C(=O)N(C)C2=O)cc1. The van der Waals surface area contributed by atoms with Gasteiger partial charge in [0, 0.05) is 20.1 Å². The molecule has 128 valence electrons. The van der Waals surface area contributed by atoms with E-state index in [2.05, 4.69) is 11.9 Å². The van der Waals surface area contributed by atoms with Crippen LogP contribution in [-0.4, -0.2) is 66.8 Å². The highest BCUT2D eigenvalue weighted by Crippen LogP contribution is 2.32. The lowest BCUT2D eigenvalue weighted by atomic mass is 9.99. The van der Waals surface area contributed by atoms with Crippen LogP contribution in [0.1, 0.15) is 24.0 Å². The van der Waals surface area contributed by atoms with Gasteiger partial charge < -0.3 is 9.80 Å². The van der Waals surface area contributed by atoms with Crippen LogP contribution >= 0.6 is 0 Å². The van der Waals surface area contributed by atoms with Gasteiger partial charge in [-0.05, 0) is 45.5 Å². The van der Waals surface area contributed by atoms with Crippen molar-refractivity contribution >= 4 is 17.4 Å². The predicted molar refractivity (Wildman–Crippen MR) is 94.2 cm³/mol. The summed E-state index contributed by atoms with van der Waals surface area (Å²) in [4.78, 5) is 30.9. The maximum atomic E-state index is 12.7. The van der Waals surface area contributed by atoms with Crippen LogP contribution in [0.25, 0.3) is 5.57 Å². The number of carbonyl (C=O) groups is 2. The quantitative estimate of drug-likeness (QED) is 0.793. The Hall–Kier alpha value is -2.14.